The maximum atomic E-state index is 14.1. The largest absolute Gasteiger partial charge is 0.511 e. The molecule has 5 heteroatoms. The molecule has 2 rings (SSSR count). The van der Waals surface area contributed by atoms with Crippen molar-refractivity contribution in [2.24, 2.45) is 23.2 Å². The molecule has 1 aromatic carbocycles. The van der Waals surface area contributed by atoms with E-state index in [9.17, 15) is 19.8 Å². The Labute approximate surface area is 217 Å². The molecule has 0 atom stereocenters. The first-order valence-electron chi connectivity index (χ1n) is 13.5. The minimum absolute atomic E-state index is 0.0173. The summed E-state index contributed by atoms with van der Waals surface area (Å²) >= 11 is 0. The minimum atomic E-state index is -1.16. The number of hydrogen-bond acceptors (Lipinski definition) is 5. The molecule has 200 valence electrons. The van der Waals surface area contributed by atoms with Crippen molar-refractivity contribution in [3.8, 4) is 5.75 Å². The molecule has 36 heavy (non-hydrogen) atoms. The number of Topliss-reactive ketones (excluding diaryl/α,β-unsaturated/α-hetero) is 2. The maximum absolute atomic E-state index is 14.1. The van der Waals surface area contributed by atoms with Crippen molar-refractivity contribution in [2.75, 3.05) is 7.11 Å². The van der Waals surface area contributed by atoms with E-state index >= 15 is 0 Å². The Hall–Kier alpha value is -2.56. The van der Waals surface area contributed by atoms with Crippen LogP contribution in [0.2, 0.25) is 0 Å². The highest BCUT2D eigenvalue weighted by molar-refractivity contribution is 6.24. The zero-order chi connectivity index (χ0) is 27.0. The number of aliphatic hydroxyl groups excluding tert-OH is 2. The van der Waals surface area contributed by atoms with E-state index < -0.39 is 11.2 Å². The van der Waals surface area contributed by atoms with Crippen LogP contribution in [-0.4, -0.2) is 28.9 Å². The molecule has 1 aromatic rings. The van der Waals surface area contributed by atoms with Gasteiger partial charge >= 0.3 is 0 Å². The van der Waals surface area contributed by atoms with Crippen LogP contribution in [0.4, 0.5) is 0 Å². The summed E-state index contributed by atoms with van der Waals surface area (Å²) in [5.74, 6) is 0.621. The van der Waals surface area contributed by atoms with Gasteiger partial charge < -0.3 is 14.9 Å². The first-order chi connectivity index (χ1) is 16.9. The Balaban J connectivity index is 2.51. The molecule has 0 unspecified atom stereocenters. The highest BCUT2D eigenvalue weighted by atomic mass is 16.5. The summed E-state index contributed by atoms with van der Waals surface area (Å²) < 4.78 is 5.28. The lowest BCUT2D eigenvalue weighted by Crippen LogP contribution is -2.41. The molecule has 0 fully saturated rings. The second kappa shape index (κ2) is 13.1. The van der Waals surface area contributed by atoms with Gasteiger partial charge in [0.05, 0.1) is 12.5 Å². The monoisotopic (exact) mass is 498 g/mol. The Morgan fingerprint density at radius 3 is 2.03 bits per heavy atom. The van der Waals surface area contributed by atoms with Crippen LogP contribution >= 0.6 is 0 Å². The van der Waals surface area contributed by atoms with Crippen molar-refractivity contribution in [1.82, 2.24) is 0 Å². The zero-order valence-electron chi connectivity index (χ0n) is 23.3. The quantitative estimate of drug-likeness (QED) is 0.257. The summed E-state index contributed by atoms with van der Waals surface area (Å²) in [4.78, 5) is 27.6. The van der Waals surface area contributed by atoms with Crippen LogP contribution in [0.25, 0.3) is 0 Å². The minimum Gasteiger partial charge on any atom is -0.511 e. The lowest BCUT2D eigenvalue weighted by atomic mass is 9.64. The Morgan fingerprint density at radius 1 is 0.917 bits per heavy atom. The molecular weight excluding hydrogens is 452 g/mol. The molecule has 0 heterocycles. The highest BCUT2D eigenvalue weighted by Gasteiger charge is 2.50. The number of carbonyl (C=O) groups excluding carboxylic acids is 2. The van der Waals surface area contributed by atoms with Gasteiger partial charge in [-0.25, -0.2) is 0 Å². The molecule has 0 saturated carbocycles. The summed E-state index contributed by atoms with van der Waals surface area (Å²) in [5.41, 5.74) is 0.0199. The van der Waals surface area contributed by atoms with Gasteiger partial charge in [0.1, 0.15) is 22.8 Å². The number of hydrogen-bond donors (Lipinski definition) is 2. The SMILES string of the molecule is COc1cccc(CCC(=O)C2=C(O)C(CCC(C)C)=C(O)C(CCC(C)C)(CCC(C)C)C2=O)c1. The van der Waals surface area contributed by atoms with E-state index in [0.29, 0.717) is 54.8 Å². The van der Waals surface area contributed by atoms with E-state index in [1.165, 1.54) is 0 Å². The van der Waals surface area contributed by atoms with Crippen molar-refractivity contribution in [1.29, 1.82) is 0 Å². The molecule has 0 aromatic heterocycles. The van der Waals surface area contributed by atoms with Gasteiger partial charge in [-0.3, -0.25) is 9.59 Å². The Bertz CT molecular complexity index is 968. The standard InChI is InChI=1S/C31H46O5/c1-20(2)11-13-25-28(33)27(26(32)14-12-23-9-8-10-24(19-23)36-7)30(35)31(29(25)34,17-15-21(3)4)18-16-22(5)6/h8-10,19-22,33-34H,11-18H2,1-7H3. The third-order valence-electron chi connectivity index (χ3n) is 7.25. The fourth-order valence-corrected chi connectivity index (χ4v) is 4.80. The van der Waals surface area contributed by atoms with E-state index in [1.54, 1.807) is 7.11 Å². The molecule has 5 nitrogen and oxygen atoms in total. The van der Waals surface area contributed by atoms with Gasteiger partial charge in [0.2, 0.25) is 0 Å². The number of ketones is 2. The molecule has 0 saturated heterocycles. The third-order valence-corrected chi connectivity index (χ3v) is 7.25. The smallest absolute Gasteiger partial charge is 0.183 e. The van der Waals surface area contributed by atoms with E-state index in [1.807, 2.05) is 24.3 Å². The second-order valence-corrected chi connectivity index (χ2v) is 11.5. The summed E-state index contributed by atoms with van der Waals surface area (Å²) in [7, 11) is 1.60. The fraction of sp³-hybridized carbons (Fsp3) is 0.613. The number of rotatable bonds is 14. The fourth-order valence-electron chi connectivity index (χ4n) is 4.80. The summed E-state index contributed by atoms with van der Waals surface area (Å²) in [6.45, 7) is 12.5. The molecule has 1 aliphatic carbocycles. The van der Waals surface area contributed by atoms with Crippen LogP contribution < -0.4 is 4.74 Å². The molecule has 0 radical (unpaired) electrons. The van der Waals surface area contributed by atoms with Crippen molar-refractivity contribution in [3.63, 3.8) is 0 Å². The van der Waals surface area contributed by atoms with Crippen molar-refractivity contribution in [2.45, 2.75) is 92.9 Å². The van der Waals surface area contributed by atoms with Crippen molar-refractivity contribution < 1.29 is 24.5 Å². The number of ether oxygens (including phenoxy) is 1. The molecule has 0 amide bonds. The van der Waals surface area contributed by atoms with Gasteiger partial charge in [-0.1, -0.05) is 53.7 Å². The maximum Gasteiger partial charge on any atom is 0.183 e. The lowest BCUT2D eigenvalue weighted by Gasteiger charge is -2.38. The number of aryl methyl sites for hydroxylation is 1. The number of methoxy groups -OCH3 is 1. The van der Waals surface area contributed by atoms with Crippen LogP contribution in [0, 0.1) is 23.2 Å². The number of carbonyl (C=O) groups is 2. The summed E-state index contributed by atoms with van der Waals surface area (Å²) in [6, 6.07) is 7.51. The van der Waals surface area contributed by atoms with E-state index in [2.05, 4.69) is 41.5 Å². The third kappa shape index (κ3) is 7.24. The van der Waals surface area contributed by atoms with Crippen LogP contribution in [-0.2, 0) is 16.0 Å². The Morgan fingerprint density at radius 2 is 1.50 bits per heavy atom. The van der Waals surface area contributed by atoms with Crippen molar-refractivity contribution >= 4 is 11.6 Å². The first-order valence-corrected chi connectivity index (χ1v) is 13.5. The van der Waals surface area contributed by atoms with Gasteiger partial charge in [0.15, 0.2) is 11.6 Å². The molecule has 2 N–H and O–H groups in total. The number of aliphatic hydroxyl groups is 2. The average molecular weight is 499 g/mol. The summed E-state index contributed by atoms with van der Waals surface area (Å²) in [6.07, 6.45) is 4.13. The van der Waals surface area contributed by atoms with E-state index in [4.69, 9.17) is 4.74 Å². The topological polar surface area (TPSA) is 83.8 Å². The predicted molar refractivity (Wildman–Crippen MR) is 145 cm³/mol. The lowest BCUT2D eigenvalue weighted by molar-refractivity contribution is -0.129. The average Bonchev–Trinajstić information content (AvgIpc) is 2.82. The van der Waals surface area contributed by atoms with Crippen LogP contribution in [0.5, 0.6) is 5.75 Å². The van der Waals surface area contributed by atoms with Crippen LogP contribution in [0.3, 0.4) is 0 Å². The van der Waals surface area contributed by atoms with E-state index in [0.717, 1.165) is 24.8 Å². The normalized spacial score (nSPS) is 16.0. The van der Waals surface area contributed by atoms with Gasteiger partial charge in [-0.05, 0) is 80.4 Å². The Kier molecular flexibility index (Phi) is 10.8. The van der Waals surface area contributed by atoms with Gasteiger partial charge in [-0.2, -0.15) is 0 Å². The predicted octanol–water partition coefficient (Wildman–Crippen LogP) is 7.70. The molecular formula is C31H46O5. The zero-order valence-corrected chi connectivity index (χ0v) is 23.3. The van der Waals surface area contributed by atoms with Crippen LogP contribution in [0.15, 0.2) is 46.9 Å². The van der Waals surface area contributed by atoms with Gasteiger partial charge in [0, 0.05) is 12.0 Å². The highest BCUT2D eigenvalue weighted by Crippen LogP contribution is 2.48. The molecule has 0 spiro atoms. The van der Waals surface area contributed by atoms with Gasteiger partial charge in [0.25, 0.3) is 0 Å². The second-order valence-electron chi connectivity index (χ2n) is 11.5. The molecule has 1 aliphatic rings. The van der Waals surface area contributed by atoms with Gasteiger partial charge in [-0.15, -0.1) is 0 Å². The van der Waals surface area contributed by atoms with Crippen molar-refractivity contribution in [3.05, 3.63) is 52.5 Å². The molecule has 0 bridgehead atoms. The first kappa shape index (κ1) is 29.7. The molecule has 0 aliphatic heterocycles. The van der Waals surface area contributed by atoms with E-state index in [-0.39, 0.29) is 29.3 Å². The summed E-state index contributed by atoms with van der Waals surface area (Å²) in [5, 5.41) is 22.8. The number of benzene rings is 1. The number of allylic oxidation sites excluding steroid dienone is 3. The van der Waals surface area contributed by atoms with Crippen LogP contribution in [0.1, 0.15) is 92.1 Å².